The van der Waals surface area contributed by atoms with Gasteiger partial charge in [-0.1, -0.05) is 25.1 Å². The van der Waals surface area contributed by atoms with Gasteiger partial charge in [0, 0.05) is 12.2 Å². The third-order valence-electron chi connectivity index (χ3n) is 2.48. The highest BCUT2D eigenvalue weighted by Crippen LogP contribution is 2.08. The van der Waals surface area contributed by atoms with E-state index in [9.17, 15) is 4.79 Å². The van der Waals surface area contributed by atoms with Crippen molar-refractivity contribution >= 4 is 17.4 Å². The van der Waals surface area contributed by atoms with Crippen molar-refractivity contribution in [1.82, 2.24) is 10.2 Å². The van der Waals surface area contributed by atoms with Crippen molar-refractivity contribution < 1.29 is 4.79 Å². The summed E-state index contributed by atoms with van der Waals surface area (Å²) in [5.74, 6) is 0.416. The van der Waals surface area contributed by atoms with Crippen LogP contribution in [0.5, 0.6) is 0 Å². The van der Waals surface area contributed by atoms with Crippen molar-refractivity contribution in [3.8, 4) is 0 Å². The Hall–Kier alpha value is -2.43. The number of carbonyl (C=O) groups excluding carboxylic acids is 1. The molecule has 0 radical (unpaired) electrons. The van der Waals surface area contributed by atoms with Crippen LogP contribution in [-0.2, 0) is 0 Å². The topological polar surface area (TPSA) is 66.9 Å². The number of amides is 1. The Labute approximate surface area is 112 Å². The molecule has 0 atom stereocenters. The highest BCUT2D eigenvalue weighted by Gasteiger charge is 2.08. The van der Waals surface area contributed by atoms with Gasteiger partial charge in [-0.25, -0.2) is 0 Å². The van der Waals surface area contributed by atoms with E-state index in [-0.39, 0.29) is 5.91 Å². The van der Waals surface area contributed by atoms with E-state index in [1.165, 1.54) is 0 Å². The molecule has 0 bridgehead atoms. The second-order valence-electron chi connectivity index (χ2n) is 4.05. The molecule has 0 saturated heterocycles. The normalized spacial score (nSPS) is 9.95. The standard InChI is InChI=1S/C14H16N4O/c1-2-10-15-13-9-8-12(17-18-13)14(19)16-11-6-4-3-5-7-11/h3-9H,2,10H2,1H3,(H,15,18)(H,16,19). The number of nitrogens with zero attached hydrogens (tertiary/aromatic N) is 2. The van der Waals surface area contributed by atoms with Crippen LogP contribution in [0.4, 0.5) is 11.5 Å². The first-order valence-electron chi connectivity index (χ1n) is 6.23. The number of nitrogens with one attached hydrogen (secondary N) is 2. The van der Waals surface area contributed by atoms with Crippen LogP contribution in [0.3, 0.4) is 0 Å². The zero-order valence-corrected chi connectivity index (χ0v) is 10.8. The smallest absolute Gasteiger partial charge is 0.276 e. The van der Waals surface area contributed by atoms with Crippen LogP contribution in [0.25, 0.3) is 0 Å². The lowest BCUT2D eigenvalue weighted by molar-refractivity contribution is 0.102. The fourth-order valence-corrected chi connectivity index (χ4v) is 1.52. The third-order valence-corrected chi connectivity index (χ3v) is 2.48. The molecule has 19 heavy (non-hydrogen) atoms. The molecule has 1 heterocycles. The van der Waals surface area contributed by atoms with E-state index in [0.717, 1.165) is 18.7 Å². The first kappa shape index (κ1) is 13.0. The largest absolute Gasteiger partial charge is 0.369 e. The minimum atomic E-state index is -0.263. The number of aromatic nitrogens is 2. The Morgan fingerprint density at radius 1 is 1.11 bits per heavy atom. The highest BCUT2D eigenvalue weighted by atomic mass is 16.1. The van der Waals surface area contributed by atoms with Crippen molar-refractivity contribution in [2.24, 2.45) is 0 Å². The molecule has 0 saturated carbocycles. The number of carbonyl (C=O) groups is 1. The van der Waals surface area contributed by atoms with Crippen LogP contribution < -0.4 is 10.6 Å². The summed E-state index contributed by atoms with van der Waals surface area (Å²) in [6.45, 7) is 2.91. The monoisotopic (exact) mass is 256 g/mol. The van der Waals surface area contributed by atoms with E-state index >= 15 is 0 Å². The number of rotatable bonds is 5. The van der Waals surface area contributed by atoms with E-state index in [1.807, 2.05) is 30.3 Å². The zero-order valence-electron chi connectivity index (χ0n) is 10.8. The predicted molar refractivity (Wildman–Crippen MR) is 75.2 cm³/mol. The maximum absolute atomic E-state index is 11.9. The maximum atomic E-state index is 11.9. The van der Waals surface area contributed by atoms with Crippen molar-refractivity contribution in [3.63, 3.8) is 0 Å². The van der Waals surface area contributed by atoms with Gasteiger partial charge in [-0.2, -0.15) is 0 Å². The van der Waals surface area contributed by atoms with Crippen molar-refractivity contribution in [2.75, 3.05) is 17.2 Å². The molecule has 0 fully saturated rings. The summed E-state index contributed by atoms with van der Waals surface area (Å²) in [5.41, 5.74) is 1.04. The van der Waals surface area contributed by atoms with Gasteiger partial charge in [-0.3, -0.25) is 4.79 Å². The van der Waals surface area contributed by atoms with E-state index in [4.69, 9.17) is 0 Å². The van der Waals surface area contributed by atoms with Gasteiger partial charge in [0.05, 0.1) is 0 Å². The molecule has 1 amide bonds. The molecule has 0 spiro atoms. The van der Waals surface area contributed by atoms with Crippen LogP contribution in [0.15, 0.2) is 42.5 Å². The van der Waals surface area contributed by atoms with Gasteiger partial charge in [0.2, 0.25) is 0 Å². The molecule has 5 nitrogen and oxygen atoms in total. The summed E-state index contributed by atoms with van der Waals surface area (Å²) in [6, 6.07) is 12.7. The Morgan fingerprint density at radius 3 is 2.53 bits per heavy atom. The minimum Gasteiger partial charge on any atom is -0.369 e. The van der Waals surface area contributed by atoms with Gasteiger partial charge < -0.3 is 10.6 Å². The van der Waals surface area contributed by atoms with Gasteiger partial charge >= 0.3 is 0 Å². The second-order valence-corrected chi connectivity index (χ2v) is 4.05. The summed E-state index contributed by atoms with van der Waals surface area (Å²) in [5, 5.41) is 13.7. The Balaban J connectivity index is 1.99. The van der Waals surface area contributed by atoms with Crippen LogP contribution in [-0.4, -0.2) is 22.6 Å². The summed E-state index contributed by atoms with van der Waals surface area (Å²) in [7, 11) is 0. The van der Waals surface area contributed by atoms with Crippen LogP contribution >= 0.6 is 0 Å². The van der Waals surface area contributed by atoms with E-state index in [1.54, 1.807) is 12.1 Å². The number of benzene rings is 1. The molecule has 5 heteroatoms. The maximum Gasteiger partial charge on any atom is 0.276 e. The van der Waals surface area contributed by atoms with Gasteiger partial charge in [-0.05, 0) is 30.7 Å². The highest BCUT2D eigenvalue weighted by molar-refractivity contribution is 6.02. The molecule has 0 aliphatic carbocycles. The molecule has 0 aliphatic rings. The van der Waals surface area contributed by atoms with Crippen molar-refractivity contribution in [2.45, 2.75) is 13.3 Å². The number of anilines is 2. The molecule has 0 unspecified atom stereocenters. The molecule has 98 valence electrons. The molecule has 2 aromatic rings. The molecular formula is C14H16N4O. The van der Waals surface area contributed by atoms with Crippen LogP contribution in [0.2, 0.25) is 0 Å². The van der Waals surface area contributed by atoms with Gasteiger partial charge in [0.15, 0.2) is 5.69 Å². The molecular weight excluding hydrogens is 240 g/mol. The first-order valence-corrected chi connectivity index (χ1v) is 6.23. The fourth-order valence-electron chi connectivity index (χ4n) is 1.52. The van der Waals surface area contributed by atoms with Crippen molar-refractivity contribution in [1.29, 1.82) is 0 Å². The average Bonchev–Trinajstić information content (AvgIpc) is 2.46. The SMILES string of the molecule is CCCNc1ccc(C(=O)Nc2ccccc2)nn1. The molecule has 2 N–H and O–H groups in total. The molecule has 1 aromatic heterocycles. The van der Waals surface area contributed by atoms with Crippen LogP contribution in [0.1, 0.15) is 23.8 Å². The molecule has 2 rings (SSSR count). The van der Waals surface area contributed by atoms with Crippen molar-refractivity contribution in [3.05, 3.63) is 48.2 Å². The number of hydrogen-bond acceptors (Lipinski definition) is 4. The van der Waals surface area contributed by atoms with E-state index in [2.05, 4.69) is 27.8 Å². The Kier molecular flexibility index (Phi) is 4.44. The first-order chi connectivity index (χ1) is 9.29. The molecule has 1 aromatic carbocycles. The lowest BCUT2D eigenvalue weighted by Gasteiger charge is -2.05. The summed E-state index contributed by atoms with van der Waals surface area (Å²) < 4.78 is 0. The quantitative estimate of drug-likeness (QED) is 0.862. The summed E-state index contributed by atoms with van der Waals surface area (Å²) in [6.07, 6.45) is 1.01. The number of para-hydroxylation sites is 1. The van der Waals surface area contributed by atoms with E-state index in [0.29, 0.717) is 11.5 Å². The summed E-state index contributed by atoms with van der Waals surface area (Å²) >= 11 is 0. The van der Waals surface area contributed by atoms with Gasteiger partial charge in [-0.15, -0.1) is 10.2 Å². The average molecular weight is 256 g/mol. The van der Waals surface area contributed by atoms with Gasteiger partial charge in [0.1, 0.15) is 5.82 Å². The Bertz CT molecular complexity index is 525. The Morgan fingerprint density at radius 2 is 1.89 bits per heavy atom. The third kappa shape index (κ3) is 3.77. The second kappa shape index (κ2) is 6.49. The zero-order chi connectivity index (χ0) is 13.5. The lowest BCUT2D eigenvalue weighted by Crippen LogP contribution is -2.14. The summed E-state index contributed by atoms with van der Waals surface area (Å²) in [4.78, 5) is 11.9. The van der Waals surface area contributed by atoms with E-state index < -0.39 is 0 Å². The lowest BCUT2D eigenvalue weighted by atomic mass is 10.3. The fraction of sp³-hybridized carbons (Fsp3) is 0.214. The van der Waals surface area contributed by atoms with Crippen LogP contribution in [0, 0.1) is 0 Å². The minimum absolute atomic E-state index is 0.263. The molecule has 0 aliphatic heterocycles. The van der Waals surface area contributed by atoms with Gasteiger partial charge in [0.25, 0.3) is 5.91 Å². The predicted octanol–water partition coefficient (Wildman–Crippen LogP) is 2.55. The number of hydrogen-bond donors (Lipinski definition) is 2.